The molecule has 0 aromatic rings. The molecule has 0 aromatic carbocycles. The molecule has 1 saturated heterocycles. The molecule has 5 heteroatoms. The molecule has 1 rings (SSSR count). The minimum absolute atomic E-state index is 0.105. The van der Waals surface area contributed by atoms with Gasteiger partial charge in [-0.1, -0.05) is 6.92 Å². The molecule has 1 amide bonds. The van der Waals surface area contributed by atoms with Crippen LogP contribution in [0.2, 0.25) is 0 Å². The Kier molecular flexibility index (Phi) is 4.52. The smallest absolute Gasteiger partial charge is 0.239 e. The number of likely N-dealkylation sites (N-methyl/N-ethyl adjacent to an activating group) is 1. The standard InChI is InChI=1S/C12H24N2O3/c1-5-14-11(3,4)10(15)13-8-12(16)6-7-17-9(12)2/h9,14,16H,5-8H2,1-4H3,(H,13,15). The van der Waals surface area contributed by atoms with E-state index in [0.717, 1.165) is 6.54 Å². The number of rotatable bonds is 5. The van der Waals surface area contributed by atoms with Crippen molar-refractivity contribution in [2.45, 2.75) is 51.4 Å². The lowest BCUT2D eigenvalue weighted by atomic mass is 9.96. The Labute approximate surface area is 103 Å². The van der Waals surface area contributed by atoms with Gasteiger partial charge in [-0.2, -0.15) is 0 Å². The van der Waals surface area contributed by atoms with E-state index in [1.807, 2.05) is 27.7 Å². The van der Waals surface area contributed by atoms with Crippen LogP contribution in [0.1, 0.15) is 34.1 Å². The fourth-order valence-electron chi connectivity index (χ4n) is 1.98. The van der Waals surface area contributed by atoms with Crippen molar-refractivity contribution in [1.82, 2.24) is 10.6 Å². The summed E-state index contributed by atoms with van der Waals surface area (Å²) in [5.74, 6) is -0.105. The van der Waals surface area contributed by atoms with Gasteiger partial charge in [0.05, 0.1) is 11.6 Å². The fourth-order valence-corrected chi connectivity index (χ4v) is 1.98. The van der Waals surface area contributed by atoms with Gasteiger partial charge in [-0.3, -0.25) is 4.79 Å². The quantitative estimate of drug-likeness (QED) is 0.638. The molecule has 0 bridgehead atoms. The number of aliphatic hydroxyl groups is 1. The maximum absolute atomic E-state index is 11.9. The molecule has 0 aliphatic carbocycles. The Morgan fingerprint density at radius 1 is 1.59 bits per heavy atom. The molecule has 17 heavy (non-hydrogen) atoms. The van der Waals surface area contributed by atoms with Crippen molar-refractivity contribution in [3.8, 4) is 0 Å². The number of ether oxygens (including phenoxy) is 1. The van der Waals surface area contributed by atoms with Gasteiger partial charge in [0.25, 0.3) is 0 Å². The summed E-state index contributed by atoms with van der Waals surface area (Å²) >= 11 is 0. The van der Waals surface area contributed by atoms with Crippen LogP contribution in [-0.4, -0.2) is 48.0 Å². The molecule has 1 heterocycles. The van der Waals surface area contributed by atoms with E-state index in [9.17, 15) is 9.90 Å². The summed E-state index contributed by atoms with van der Waals surface area (Å²) in [7, 11) is 0. The Morgan fingerprint density at radius 3 is 2.71 bits per heavy atom. The summed E-state index contributed by atoms with van der Waals surface area (Å²) in [5, 5.41) is 16.1. The summed E-state index contributed by atoms with van der Waals surface area (Å²) in [5.41, 5.74) is -1.55. The Bertz CT molecular complexity index is 281. The van der Waals surface area contributed by atoms with Gasteiger partial charge in [0, 0.05) is 19.6 Å². The van der Waals surface area contributed by atoms with E-state index in [0.29, 0.717) is 13.0 Å². The third kappa shape index (κ3) is 3.40. The molecule has 2 atom stereocenters. The van der Waals surface area contributed by atoms with Crippen LogP contribution in [0.15, 0.2) is 0 Å². The van der Waals surface area contributed by atoms with Crippen LogP contribution in [0.5, 0.6) is 0 Å². The Morgan fingerprint density at radius 2 is 2.24 bits per heavy atom. The van der Waals surface area contributed by atoms with Crippen LogP contribution in [0.25, 0.3) is 0 Å². The van der Waals surface area contributed by atoms with Crippen molar-refractivity contribution in [3.63, 3.8) is 0 Å². The monoisotopic (exact) mass is 244 g/mol. The zero-order chi connectivity index (χ0) is 13.1. The molecular weight excluding hydrogens is 220 g/mol. The molecule has 1 fully saturated rings. The van der Waals surface area contributed by atoms with Crippen molar-refractivity contribution in [3.05, 3.63) is 0 Å². The minimum Gasteiger partial charge on any atom is -0.385 e. The zero-order valence-corrected chi connectivity index (χ0v) is 11.2. The van der Waals surface area contributed by atoms with Crippen LogP contribution >= 0.6 is 0 Å². The summed E-state index contributed by atoms with van der Waals surface area (Å²) in [6.07, 6.45) is 0.334. The van der Waals surface area contributed by atoms with Crippen LogP contribution in [0, 0.1) is 0 Å². The minimum atomic E-state index is -0.933. The lowest BCUT2D eigenvalue weighted by Crippen LogP contribution is -2.56. The molecule has 2 unspecified atom stereocenters. The van der Waals surface area contributed by atoms with Gasteiger partial charge >= 0.3 is 0 Å². The first-order chi connectivity index (χ1) is 7.82. The highest BCUT2D eigenvalue weighted by Crippen LogP contribution is 2.24. The van der Waals surface area contributed by atoms with Gasteiger partial charge < -0.3 is 20.5 Å². The molecule has 0 saturated carbocycles. The van der Waals surface area contributed by atoms with Crippen LogP contribution in [-0.2, 0) is 9.53 Å². The van der Waals surface area contributed by atoms with Crippen molar-refractivity contribution in [2.75, 3.05) is 19.7 Å². The molecule has 1 aliphatic heterocycles. The molecule has 0 radical (unpaired) electrons. The predicted molar refractivity (Wildman–Crippen MR) is 65.7 cm³/mol. The molecule has 0 spiro atoms. The van der Waals surface area contributed by atoms with Gasteiger partial charge in [-0.05, 0) is 27.3 Å². The number of hydrogen-bond donors (Lipinski definition) is 3. The van der Waals surface area contributed by atoms with E-state index in [1.165, 1.54) is 0 Å². The van der Waals surface area contributed by atoms with Gasteiger partial charge in [0.1, 0.15) is 5.60 Å². The van der Waals surface area contributed by atoms with E-state index >= 15 is 0 Å². The van der Waals surface area contributed by atoms with Gasteiger partial charge in [-0.25, -0.2) is 0 Å². The summed E-state index contributed by atoms with van der Waals surface area (Å²) in [4.78, 5) is 11.9. The average molecular weight is 244 g/mol. The lowest BCUT2D eigenvalue weighted by Gasteiger charge is -2.30. The molecular formula is C12H24N2O3. The van der Waals surface area contributed by atoms with Gasteiger partial charge in [0.2, 0.25) is 5.91 Å². The normalized spacial score (nSPS) is 29.4. The van der Waals surface area contributed by atoms with E-state index < -0.39 is 11.1 Å². The summed E-state index contributed by atoms with van der Waals surface area (Å²) < 4.78 is 5.32. The predicted octanol–water partition coefficient (Wildman–Crippen LogP) is 0.0306. The first kappa shape index (κ1) is 14.4. The number of carbonyl (C=O) groups is 1. The lowest BCUT2D eigenvalue weighted by molar-refractivity contribution is -0.128. The summed E-state index contributed by atoms with van der Waals surface area (Å²) in [6, 6.07) is 0. The Balaban J connectivity index is 2.48. The maximum atomic E-state index is 11.9. The number of carbonyl (C=O) groups excluding carboxylic acids is 1. The molecule has 5 nitrogen and oxygen atoms in total. The van der Waals surface area contributed by atoms with Crippen molar-refractivity contribution >= 4 is 5.91 Å². The third-order valence-corrected chi connectivity index (χ3v) is 3.40. The van der Waals surface area contributed by atoms with E-state index in [4.69, 9.17) is 4.74 Å². The third-order valence-electron chi connectivity index (χ3n) is 3.40. The highest BCUT2D eigenvalue weighted by atomic mass is 16.5. The molecule has 100 valence electrons. The second kappa shape index (κ2) is 5.33. The number of amides is 1. The first-order valence-electron chi connectivity index (χ1n) is 6.19. The van der Waals surface area contributed by atoms with Gasteiger partial charge in [-0.15, -0.1) is 0 Å². The first-order valence-corrected chi connectivity index (χ1v) is 6.19. The number of hydrogen-bond acceptors (Lipinski definition) is 4. The molecule has 1 aliphatic rings. The van der Waals surface area contributed by atoms with Crippen LogP contribution in [0.3, 0.4) is 0 Å². The van der Waals surface area contributed by atoms with Crippen LogP contribution < -0.4 is 10.6 Å². The summed E-state index contributed by atoms with van der Waals surface area (Å²) in [6.45, 7) is 8.94. The second-order valence-electron chi connectivity index (χ2n) is 5.20. The van der Waals surface area contributed by atoms with E-state index in [-0.39, 0.29) is 18.6 Å². The van der Waals surface area contributed by atoms with Crippen molar-refractivity contribution < 1.29 is 14.6 Å². The highest BCUT2D eigenvalue weighted by molar-refractivity contribution is 5.85. The highest BCUT2D eigenvalue weighted by Gasteiger charge is 2.40. The fraction of sp³-hybridized carbons (Fsp3) is 0.917. The second-order valence-corrected chi connectivity index (χ2v) is 5.20. The molecule has 3 N–H and O–H groups in total. The zero-order valence-electron chi connectivity index (χ0n) is 11.2. The largest absolute Gasteiger partial charge is 0.385 e. The maximum Gasteiger partial charge on any atom is 0.239 e. The average Bonchev–Trinajstić information content (AvgIpc) is 2.56. The van der Waals surface area contributed by atoms with Crippen LogP contribution in [0.4, 0.5) is 0 Å². The molecule has 0 aromatic heterocycles. The number of nitrogens with one attached hydrogen (secondary N) is 2. The van der Waals surface area contributed by atoms with Crippen molar-refractivity contribution in [2.24, 2.45) is 0 Å². The topological polar surface area (TPSA) is 70.6 Å². The van der Waals surface area contributed by atoms with E-state index in [1.54, 1.807) is 0 Å². The Hall–Kier alpha value is -0.650. The van der Waals surface area contributed by atoms with Gasteiger partial charge in [0.15, 0.2) is 0 Å². The van der Waals surface area contributed by atoms with Crippen molar-refractivity contribution in [1.29, 1.82) is 0 Å². The SMILES string of the molecule is CCNC(C)(C)C(=O)NCC1(O)CCOC1C. The van der Waals surface area contributed by atoms with E-state index in [2.05, 4.69) is 10.6 Å².